The van der Waals surface area contributed by atoms with E-state index in [2.05, 4.69) is 11.5 Å². The number of carbonyl (C=O) groups is 1. The number of ether oxygens (including phenoxy) is 1. The number of phenolic OH excluding ortho intramolecular Hbond substituents is 1. The second-order valence-electron chi connectivity index (χ2n) is 5.58. The van der Waals surface area contributed by atoms with Crippen LogP contribution >= 0.6 is 23.1 Å². The maximum absolute atomic E-state index is 10.4. The number of phenols is 1. The summed E-state index contributed by atoms with van der Waals surface area (Å²) in [4.78, 5) is 19.4. The third kappa shape index (κ3) is 16.4. The molecule has 0 bridgehead atoms. The number of urea groups is 1. The Morgan fingerprint density at radius 3 is 2.00 bits per heavy atom. The number of halogens is 1. The number of para-hydroxylation sites is 1. The maximum atomic E-state index is 10.4. The lowest BCUT2D eigenvalue weighted by molar-refractivity contribution is 0.0536. The minimum Gasteiger partial charge on any atom is -0.508 e. The Morgan fingerprint density at radius 2 is 1.68 bits per heavy atom. The van der Waals surface area contributed by atoms with Crippen LogP contribution in [0.15, 0.2) is 70.8 Å². The van der Waals surface area contributed by atoms with Gasteiger partial charge >= 0.3 is 6.03 Å². The highest BCUT2D eigenvalue weighted by Crippen LogP contribution is 2.15. The summed E-state index contributed by atoms with van der Waals surface area (Å²) < 4.78 is 6.71. The minimum absolute atomic E-state index is 0.0741. The third-order valence-corrected chi connectivity index (χ3v) is 3.97. The number of aromatic nitrogens is 1. The number of aliphatic hydroxyl groups excluding tert-OH is 2. The number of primary amides is 2. The Bertz CT molecular complexity index is 899. The van der Waals surface area contributed by atoms with E-state index in [9.17, 15) is 4.79 Å². The second kappa shape index (κ2) is 16.7. The first-order valence-corrected chi connectivity index (χ1v) is 9.94. The van der Waals surface area contributed by atoms with E-state index in [-0.39, 0.29) is 18.8 Å². The van der Waals surface area contributed by atoms with Crippen molar-refractivity contribution in [3.63, 3.8) is 0 Å². The zero-order chi connectivity index (χ0) is 23.6. The van der Waals surface area contributed by atoms with Gasteiger partial charge in [0.05, 0.1) is 6.61 Å². The summed E-state index contributed by atoms with van der Waals surface area (Å²) in [6, 6.07) is 16.2. The zero-order valence-electron chi connectivity index (χ0n) is 16.8. The van der Waals surface area contributed by atoms with Gasteiger partial charge in [0.1, 0.15) is 24.2 Å². The van der Waals surface area contributed by atoms with Crippen molar-refractivity contribution >= 4 is 29.2 Å². The summed E-state index contributed by atoms with van der Waals surface area (Å²) in [6.07, 6.45) is -0.837. The van der Waals surface area contributed by atoms with Gasteiger partial charge in [-0.3, -0.25) is 8.75 Å². The summed E-state index contributed by atoms with van der Waals surface area (Å²) in [5.74, 6) is 0.944. The van der Waals surface area contributed by atoms with Gasteiger partial charge in [-0.2, -0.15) is 0 Å². The molecule has 0 saturated carbocycles. The number of nitrogens with two attached hydrogens (primary N) is 2. The molecule has 0 aliphatic carbocycles. The Kier molecular flexibility index (Phi) is 15.1. The van der Waals surface area contributed by atoms with Gasteiger partial charge in [0.15, 0.2) is 0 Å². The van der Waals surface area contributed by atoms with E-state index in [4.69, 9.17) is 36.5 Å². The average molecular weight is 472 g/mol. The predicted octanol–water partition coefficient (Wildman–Crippen LogP) is 1.93. The largest absolute Gasteiger partial charge is 0.508 e. The van der Waals surface area contributed by atoms with Gasteiger partial charge in [0.25, 0.3) is 5.56 Å². The van der Waals surface area contributed by atoms with Crippen LogP contribution in [0.3, 0.4) is 0 Å². The number of hydrogen-bond donors (Lipinski definition) is 5. The van der Waals surface area contributed by atoms with E-state index in [1.165, 1.54) is 11.5 Å². The van der Waals surface area contributed by atoms with Gasteiger partial charge in [0, 0.05) is 23.5 Å². The molecule has 0 fully saturated rings. The van der Waals surface area contributed by atoms with Gasteiger partial charge < -0.3 is 31.5 Å². The van der Waals surface area contributed by atoms with Gasteiger partial charge in [-0.05, 0) is 36.4 Å². The van der Waals surface area contributed by atoms with E-state index < -0.39 is 12.1 Å². The fraction of sp³-hybridized carbons (Fsp3) is 0.200. The van der Waals surface area contributed by atoms with Crippen molar-refractivity contribution in [3.05, 3.63) is 81.4 Å². The molecule has 3 aromatic rings. The number of aromatic hydroxyl groups is 1. The number of nitrogens with zero attached hydrogens (tertiary/aromatic N) is 1. The van der Waals surface area contributed by atoms with Crippen LogP contribution in [0.5, 0.6) is 11.5 Å². The lowest BCUT2D eigenvalue weighted by Crippen LogP contribution is -2.21. The van der Waals surface area contributed by atoms with Crippen LogP contribution in [0.4, 0.5) is 4.79 Å². The van der Waals surface area contributed by atoms with Crippen LogP contribution in [0.2, 0.25) is 5.02 Å². The van der Waals surface area contributed by atoms with Crippen molar-refractivity contribution < 1.29 is 24.9 Å². The van der Waals surface area contributed by atoms with Gasteiger partial charge in [0.2, 0.25) is 0 Å². The van der Waals surface area contributed by atoms with Crippen LogP contribution in [0.1, 0.15) is 0 Å². The van der Waals surface area contributed by atoms with Crippen molar-refractivity contribution in [2.75, 3.05) is 13.2 Å². The molecule has 1 atom stereocenters. The molecule has 1 heterocycles. The smallest absolute Gasteiger partial charge is 0.309 e. The molecule has 3 rings (SSSR count). The molecule has 11 heteroatoms. The monoisotopic (exact) mass is 471 g/mol. The van der Waals surface area contributed by atoms with Crippen LogP contribution in [0, 0.1) is 0 Å². The first kappa shape index (κ1) is 28.0. The molecule has 7 N–H and O–H groups in total. The normalized spacial score (nSPS) is 10.1. The Balaban J connectivity index is 0.000000425. The molecule has 0 aliphatic heterocycles. The summed E-state index contributed by atoms with van der Waals surface area (Å²) in [5, 5.41) is 28.5. The van der Waals surface area contributed by atoms with Crippen molar-refractivity contribution in [1.29, 1.82) is 0 Å². The summed E-state index contributed by atoms with van der Waals surface area (Å²) in [5.41, 5.74) is 8.57. The van der Waals surface area contributed by atoms with Crippen LogP contribution in [-0.4, -0.2) is 44.6 Å². The molecular weight excluding hydrogens is 446 g/mol. The van der Waals surface area contributed by atoms with Crippen molar-refractivity contribution in [3.8, 4) is 11.5 Å². The van der Waals surface area contributed by atoms with Gasteiger partial charge in [-0.15, -0.1) is 0 Å². The molecule has 31 heavy (non-hydrogen) atoms. The number of rotatable bonds is 4. The molecule has 0 saturated heterocycles. The van der Waals surface area contributed by atoms with E-state index >= 15 is 0 Å². The molecule has 9 nitrogen and oxygen atoms in total. The first-order valence-electron chi connectivity index (χ1n) is 8.73. The quantitative estimate of drug-likeness (QED) is 0.390. The first-order chi connectivity index (χ1) is 14.6. The number of hydrogen-bond acceptors (Lipinski definition) is 7. The summed E-state index contributed by atoms with van der Waals surface area (Å²) in [6.45, 7) is -0.217. The van der Waals surface area contributed by atoms with Crippen LogP contribution < -0.4 is 21.8 Å². The molecule has 2 amide bonds. The average Bonchev–Trinajstić information content (AvgIpc) is 3.11. The predicted molar refractivity (Wildman–Crippen MR) is 121 cm³/mol. The number of aryl methyl sites for hydroxylation is 1. The van der Waals surface area contributed by atoms with E-state index in [1.807, 2.05) is 6.07 Å². The zero-order valence-corrected chi connectivity index (χ0v) is 18.4. The van der Waals surface area contributed by atoms with Crippen molar-refractivity contribution in [2.24, 2.45) is 18.5 Å². The van der Waals surface area contributed by atoms with Gasteiger partial charge in [-0.1, -0.05) is 41.3 Å². The van der Waals surface area contributed by atoms with Gasteiger partial charge in [-0.25, -0.2) is 4.79 Å². The highest BCUT2D eigenvalue weighted by Gasteiger charge is 2.02. The van der Waals surface area contributed by atoms with Crippen molar-refractivity contribution in [2.45, 2.75) is 6.10 Å². The lowest BCUT2D eigenvalue weighted by Gasteiger charge is -2.09. The third-order valence-electron chi connectivity index (χ3n) is 2.96. The highest BCUT2D eigenvalue weighted by atomic mass is 35.5. The molecule has 1 unspecified atom stereocenters. The SMILES string of the molecule is Cn1sccc1=O.NC(N)=O.OCC(O)COc1ccc(Cl)cc1.Oc1ccccc1. The fourth-order valence-electron chi connectivity index (χ4n) is 1.54. The Hall–Kier alpha value is -3.05. The Labute approximate surface area is 188 Å². The minimum atomic E-state index is -0.837. The molecule has 170 valence electrons. The standard InChI is InChI=1S/C9H11ClO3.C6H6O.C4H5NOS.CH4N2O/c10-7-1-3-9(4-2-7)13-6-8(12)5-11;7-6-4-2-1-3-5-6;1-5-4(6)2-3-7-5;2-1(3)4/h1-4,8,11-12H,5-6H2;1-5,7H;2-3H,1H3;(H4,2,3,4). The van der Waals surface area contributed by atoms with E-state index in [1.54, 1.807) is 71.0 Å². The molecule has 1 aromatic heterocycles. The second-order valence-corrected chi connectivity index (χ2v) is 7.05. The highest BCUT2D eigenvalue weighted by molar-refractivity contribution is 7.04. The topological polar surface area (TPSA) is 161 Å². The van der Waals surface area contributed by atoms with Crippen LogP contribution in [0.25, 0.3) is 0 Å². The van der Waals surface area contributed by atoms with Crippen LogP contribution in [-0.2, 0) is 7.05 Å². The summed E-state index contributed by atoms with van der Waals surface area (Å²) in [7, 11) is 1.74. The molecule has 0 spiro atoms. The molecule has 0 aliphatic rings. The van der Waals surface area contributed by atoms with Crippen molar-refractivity contribution in [1.82, 2.24) is 3.96 Å². The molecule has 2 aromatic carbocycles. The number of carbonyl (C=O) groups excluding carboxylic acids is 1. The fourth-order valence-corrected chi connectivity index (χ4v) is 2.19. The van der Waals surface area contributed by atoms with E-state index in [0.717, 1.165) is 0 Å². The Morgan fingerprint density at radius 1 is 1.13 bits per heavy atom. The number of benzene rings is 2. The lowest BCUT2D eigenvalue weighted by atomic mass is 10.3. The number of aliphatic hydroxyl groups is 2. The van der Waals surface area contributed by atoms with E-state index in [0.29, 0.717) is 16.5 Å². The molecule has 0 radical (unpaired) electrons. The number of amides is 2. The summed E-state index contributed by atoms with van der Waals surface area (Å²) >= 11 is 7.07. The maximum Gasteiger partial charge on any atom is 0.309 e. The molecular formula is C20H26ClN3O6S.